The van der Waals surface area contributed by atoms with Gasteiger partial charge in [0, 0.05) is 24.0 Å². The number of halogens is 1. The lowest BCUT2D eigenvalue weighted by atomic mass is 10.2. The number of amides is 2. The van der Waals surface area contributed by atoms with Crippen LogP contribution in [0.2, 0.25) is 5.15 Å². The first-order valence-electron chi connectivity index (χ1n) is 8.22. The zero-order chi connectivity index (χ0) is 17.9. The van der Waals surface area contributed by atoms with Crippen LogP contribution in [0.4, 0.5) is 10.5 Å². The van der Waals surface area contributed by atoms with Gasteiger partial charge >= 0.3 is 6.03 Å². The van der Waals surface area contributed by atoms with Crippen molar-refractivity contribution in [1.82, 2.24) is 30.5 Å². The van der Waals surface area contributed by atoms with Crippen LogP contribution in [0, 0.1) is 0 Å². The quantitative estimate of drug-likeness (QED) is 0.673. The number of benzene rings is 1. The number of carbonyl (C=O) groups excluding carboxylic acids is 1. The van der Waals surface area contributed by atoms with Crippen LogP contribution < -0.4 is 10.6 Å². The molecule has 3 aromatic rings. The number of rotatable bonds is 5. The molecule has 0 unspecified atom stereocenters. The van der Waals surface area contributed by atoms with Crippen molar-refractivity contribution in [2.24, 2.45) is 0 Å². The molecule has 2 amide bonds. The molecule has 0 saturated heterocycles. The van der Waals surface area contributed by atoms with E-state index in [2.05, 4.69) is 31.1 Å². The van der Waals surface area contributed by atoms with Crippen molar-refractivity contribution in [2.75, 3.05) is 5.32 Å². The third kappa shape index (κ3) is 3.80. The summed E-state index contributed by atoms with van der Waals surface area (Å²) in [6.45, 7) is 0.365. The van der Waals surface area contributed by atoms with E-state index >= 15 is 0 Å². The van der Waals surface area contributed by atoms with Crippen molar-refractivity contribution in [1.29, 1.82) is 0 Å². The Morgan fingerprint density at radius 3 is 2.69 bits per heavy atom. The predicted octanol–water partition coefficient (Wildman–Crippen LogP) is 3.05. The second kappa shape index (κ2) is 7.09. The normalized spacial score (nSPS) is 13.4. The van der Waals surface area contributed by atoms with E-state index in [4.69, 9.17) is 11.6 Å². The maximum atomic E-state index is 12.0. The fraction of sp³-hybridized carbons (Fsp3) is 0.235. The largest absolute Gasteiger partial charge is 0.334 e. The number of anilines is 1. The monoisotopic (exact) mass is 369 g/mol. The number of urea groups is 1. The molecule has 1 aliphatic carbocycles. The average Bonchev–Trinajstić information content (AvgIpc) is 3.39. The number of aromatic nitrogens is 5. The summed E-state index contributed by atoms with van der Waals surface area (Å²) in [7, 11) is 0. The fourth-order valence-corrected chi connectivity index (χ4v) is 2.63. The van der Waals surface area contributed by atoms with Crippen molar-refractivity contribution < 1.29 is 4.79 Å². The number of carbonyl (C=O) groups is 1. The molecule has 0 atom stereocenters. The molecule has 2 N–H and O–H groups in total. The van der Waals surface area contributed by atoms with Gasteiger partial charge in [0.25, 0.3) is 0 Å². The van der Waals surface area contributed by atoms with Gasteiger partial charge in [0.05, 0.1) is 6.04 Å². The molecule has 0 bridgehead atoms. The molecule has 26 heavy (non-hydrogen) atoms. The minimum absolute atomic E-state index is 0.296. The Morgan fingerprint density at radius 2 is 2.00 bits per heavy atom. The molecule has 4 rings (SSSR count). The van der Waals surface area contributed by atoms with Crippen LogP contribution in [0.5, 0.6) is 0 Å². The maximum absolute atomic E-state index is 12.0. The van der Waals surface area contributed by atoms with Crippen molar-refractivity contribution in [3.63, 3.8) is 0 Å². The highest BCUT2D eigenvalue weighted by atomic mass is 35.5. The molecule has 1 saturated carbocycles. The lowest BCUT2D eigenvalue weighted by molar-refractivity contribution is 0.251. The van der Waals surface area contributed by atoms with Gasteiger partial charge in [0.2, 0.25) is 0 Å². The molecule has 0 spiro atoms. The van der Waals surface area contributed by atoms with Gasteiger partial charge in [-0.2, -0.15) is 0 Å². The van der Waals surface area contributed by atoms with E-state index in [1.807, 2.05) is 35.0 Å². The molecular weight excluding hydrogens is 354 g/mol. The predicted molar refractivity (Wildman–Crippen MR) is 96.6 cm³/mol. The lowest BCUT2D eigenvalue weighted by Crippen LogP contribution is -2.28. The van der Waals surface area contributed by atoms with E-state index in [0.717, 1.165) is 29.8 Å². The van der Waals surface area contributed by atoms with Gasteiger partial charge in [-0.3, -0.25) is 0 Å². The lowest BCUT2D eigenvalue weighted by Gasteiger charge is -2.08. The average molecular weight is 370 g/mol. The summed E-state index contributed by atoms with van der Waals surface area (Å²) in [4.78, 5) is 16.0. The van der Waals surface area contributed by atoms with Gasteiger partial charge in [-0.25, -0.2) is 14.5 Å². The Bertz CT molecular complexity index is 904. The second-order valence-electron chi connectivity index (χ2n) is 6.05. The molecule has 1 aliphatic rings. The number of pyridine rings is 1. The molecule has 8 nitrogen and oxygen atoms in total. The first-order valence-corrected chi connectivity index (χ1v) is 8.60. The first kappa shape index (κ1) is 16.5. The Morgan fingerprint density at radius 1 is 1.19 bits per heavy atom. The van der Waals surface area contributed by atoms with E-state index in [0.29, 0.717) is 23.4 Å². The standard InChI is InChI=1S/C17H16ClN7O/c18-15-8-1-11(9-19-15)10-20-17(26)21-13-4-2-12(3-5-13)16-22-23-24-25(16)14-6-7-14/h1-5,8-9,14H,6-7,10H2,(H2,20,21,26). The van der Waals surface area contributed by atoms with Crippen LogP contribution in [0.3, 0.4) is 0 Å². The van der Waals surface area contributed by atoms with E-state index in [9.17, 15) is 4.79 Å². The summed E-state index contributed by atoms with van der Waals surface area (Å²) in [6.07, 6.45) is 3.85. The molecule has 2 heterocycles. The Hall–Kier alpha value is -3.00. The summed E-state index contributed by atoms with van der Waals surface area (Å²) >= 11 is 5.74. The van der Waals surface area contributed by atoms with E-state index in [-0.39, 0.29) is 6.03 Å². The second-order valence-corrected chi connectivity index (χ2v) is 6.44. The van der Waals surface area contributed by atoms with Crippen LogP contribution in [-0.2, 0) is 6.54 Å². The van der Waals surface area contributed by atoms with Crippen LogP contribution in [0.25, 0.3) is 11.4 Å². The molecular formula is C17H16ClN7O. The number of hydrogen-bond donors (Lipinski definition) is 2. The van der Waals surface area contributed by atoms with Gasteiger partial charge in [-0.15, -0.1) is 5.10 Å². The SMILES string of the molecule is O=C(NCc1ccc(Cl)nc1)Nc1ccc(-c2nnnn2C2CC2)cc1. The molecule has 132 valence electrons. The number of nitrogens with zero attached hydrogens (tertiary/aromatic N) is 5. The summed E-state index contributed by atoms with van der Waals surface area (Å²) < 4.78 is 1.86. The molecule has 9 heteroatoms. The van der Waals surface area contributed by atoms with Gasteiger partial charge in [0.15, 0.2) is 5.82 Å². The van der Waals surface area contributed by atoms with Gasteiger partial charge in [-0.05, 0) is 59.2 Å². The van der Waals surface area contributed by atoms with Crippen molar-refractivity contribution in [3.8, 4) is 11.4 Å². The molecule has 2 aromatic heterocycles. The highest BCUT2D eigenvalue weighted by Crippen LogP contribution is 2.36. The van der Waals surface area contributed by atoms with E-state index in [1.165, 1.54) is 0 Å². The maximum Gasteiger partial charge on any atom is 0.319 e. The van der Waals surface area contributed by atoms with E-state index < -0.39 is 0 Å². The van der Waals surface area contributed by atoms with Gasteiger partial charge in [0.1, 0.15) is 5.15 Å². The van der Waals surface area contributed by atoms with Crippen LogP contribution in [0.15, 0.2) is 42.6 Å². The highest BCUT2D eigenvalue weighted by molar-refractivity contribution is 6.29. The summed E-state index contributed by atoms with van der Waals surface area (Å²) in [5, 5.41) is 17.9. The van der Waals surface area contributed by atoms with Crippen LogP contribution in [-0.4, -0.2) is 31.2 Å². The smallest absolute Gasteiger partial charge is 0.319 e. The van der Waals surface area contributed by atoms with Crippen LogP contribution in [0.1, 0.15) is 24.4 Å². The number of hydrogen-bond acceptors (Lipinski definition) is 5. The zero-order valence-electron chi connectivity index (χ0n) is 13.8. The minimum atomic E-state index is -0.296. The zero-order valence-corrected chi connectivity index (χ0v) is 14.5. The van der Waals surface area contributed by atoms with Gasteiger partial charge < -0.3 is 10.6 Å². The molecule has 1 aromatic carbocycles. The van der Waals surface area contributed by atoms with Crippen LogP contribution >= 0.6 is 11.6 Å². The molecule has 0 radical (unpaired) electrons. The highest BCUT2D eigenvalue weighted by Gasteiger charge is 2.28. The summed E-state index contributed by atoms with van der Waals surface area (Å²) in [5.41, 5.74) is 2.47. The topological polar surface area (TPSA) is 97.6 Å². The Kier molecular flexibility index (Phi) is 4.49. The van der Waals surface area contributed by atoms with Gasteiger partial charge in [-0.1, -0.05) is 17.7 Å². The third-order valence-corrected chi connectivity index (χ3v) is 4.25. The summed E-state index contributed by atoms with van der Waals surface area (Å²) in [5.74, 6) is 0.749. The minimum Gasteiger partial charge on any atom is -0.334 e. The summed E-state index contributed by atoms with van der Waals surface area (Å²) in [6, 6.07) is 11.0. The number of nitrogens with one attached hydrogen (secondary N) is 2. The Labute approximate surface area is 154 Å². The third-order valence-electron chi connectivity index (χ3n) is 4.03. The first-order chi connectivity index (χ1) is 12.7. The molecule has 1 fully saturated rings. The fourth-order valence-electron chi connectivity index (χ4n) is 2.52. The number of tetrazole rings is 1. The van der Waals surface area contributed by atoms with Crippen molar-refractivity contribution in [3.05, 3.63) is 53.3 Å². The van der Waals surface area contributed by atoms with Crippen molar-refractivity contribution in [2.45, 2.75) is 25.4 Å². The Balaban J connectivity index is 1.35. The van der Waals surface area contributed by atoms with Crippen molar-refractivity contribution >= 4 is 23.3 Å². The molecule has 0 aliphatic heterocycles. The van der Waals surface area contributed by atoms with E-state index in [1.54, 1.807) is 12.3 Å².